The van der Waals surface area contributed by atoms with E-state index in [1.165, 1.54) is 16.7 Å². The SMILES string of the molecule is CC(=O)N1CCc2cc(C)ccc2C12CCN(CCCOc1ccccc1)CC2. The second-order valence-electron chi connectivity index (χ2n) is 8.47. The smallest absolute Gasteiger partial charge is 0.220 e. The number of carbonyl (C=O) groups is 1. The van der Waals surface area contributed by atoms with Crippen molar-refractivity contribution in [2.45, 2.75) is 45.1 Å². The van der Waals surface area contributed by atoms with Crippen LogP contribution in [0.25, 0.3) is 0 Å². The Morgan fingerprint density at radius 3 is 2.55 bits per heavy atom. The second kappa shape index (κ2) is 8.58. The number of carbonyl (C=O) groups excluding carboxylic acids is 1. The molecule has 1 saturated heterocycles. The molecule has 0 unspecified atom stereocenters. The van der Waals surface area contributed by atoms with Gasteiger partial charge in [0.2, 0.25) is 5.91 Å². The molecule has 2 heterocycles. The summed E-state index contributed by atoms with van der Waals surface area (Å²) in [7, 11) is 0. The lowest BCUT2D eigenvalue weighted by atomic mass is 9.73. The second-order valence-corrected chi connectivity index (χ2v) is 8.47. The maximum atomic E-state index is 12.5. The van der Waals surface area contributed by atoms with E-state index in [0.29, 0.717) is 0 Å². The number of benzene rings is 2. The molecular weight excluding hydrogens is 360 g/mol. The normalized spacial score (nSPS) is 18.5. The van der Waals surface area contributed by atoms with Gasteiger partial charge in [0.25, 0.3) is 0 Å². The van der Waals surface area contributed by atoms with E-state index in [0.717, 1.165) is 64.2 Å². The summed E-state index contributed by atoms with van der Waals surface area (Å²) >= 11 is 0. The summed E-state index contributed by atoms with van der Waals surface area (Å²) in [5.74, 6) is 1.15. The molecule has 1 amide bonds. The molecule has 4 rings (SSSR count). The fraction of sp³-hybridized carbons (Fsp3) is 0.480. The van der Waals surface area contributed by atoms with E-state index < -0.39 is 0 Å². The molecule has 29 heavy (non-hydrogen) atoms. The predicted octanol–water partition coefficient (Wildman–Crippen LogP) is 4.16. The molecule has 154 valence electrons. The lowest BCUT2D eigenvalue weighted by Gasteiger charge is -2.52. The standard InChI is InChI=1S/C25H32N2O2/c1-20-9-10-24-22(19-20)11-15-27(21(2)28)25(24)12-16-26(17-13-25)14-6-18-29-23-7-4-3-5-8-23/h3-5,7-10,19H,6,11-18H2,1-2H3. The maximum absolute atomic E-state index is 12.5. The fourth-order valence-corrected chi connectivity index (χ4v) is 5.11. The van der Waals surface area contributed by atoms with Gasteiger partial charge in [0.15, 0.2) is 0 Å². The van der Waals surface area contributed by atoms with Crippen LogP contribution in [-0.4, -0.2) is 48.5 Å². The van der Waals surface area contributed by atoms with Gasteiger partial charge in [0.05, 0.1) is 12.1 Å². The van der Waals surface area contributed by atoms with Gasteiger partial charge >= 0.3 is 0 Å². The summed E-state index contributed by atoms with van der Waals surface area (Å²) < 4.78 is 5.83. The number of hydrogen-bond donors (Lipinski definition) is 0. The third kappa shape index (κ3) is 4.18. The minimum absolute atomic E-state index is 0.121. The number of nitrogens with zero attached hydrogens (tertiary/aromatic N) is 2. The molecule has 0 aliphatic carbocycles. The number of likely N-dealkylation sites (tertiary alicyclic amines) is 1. The van der Waals surface area contributed by atoms with Gasteiger partial charge < -0.3 is 14.5 Å². The molecule has 0 atom stereocenters. The molecule has 0 N–H and O–H groups in total. The Hall–Kier alpha value is -2.33. The zero-order valence-corrected chi connectivity index (χ0v) is 17.7. The van der Waals surface area contributed by atoms with Crippen molar-refractivity contribution >= 4 is 5.91 Å². The van der Waals surface area contributed by atoms with Gasteiger partial charge in [-0.25, -0.2) is 0 Å². The molecule has 1 fully saturated rings. The summed E-state index contributed by atoms with van der Waals surface area (Å²) in [6, 6.07) is 16.8. The van der Waals surface area contributed by atoms with Crippen LogP contribution in [0, 0.1) is 6.92 Å². The van der Waals surface area contributed by atoms with Crippen LogP contribution in [0.3, 0.4) is 0 Å². The van der Waals surface area contributed by atoms with Crippen molar-refractivity contribution in [3.8, 4) is 5.75 Å². The van der Waals surface area contributed by atoms with Crippen LogP contribution in [0.5, 0.6) is 5.75 Å². The average molecular weight is 393 g/mol. The number of fused-ring (bicyclic) bond motifs is 2. The summed E-state index contributed by atoms with van der Waals surface area (Å²) in [5, 5.41) is 0. The molecule has 4 heteroatoms. The van der Waals surface area contributed by atoms with Crippen LogP contribution in [-0.2, 0) is 16.8 Å². The van der Waals surface area contributed by atoms with Gasteiger partial charge in [-0.05, 0) is 55.9 Å². The lowest BCUT2D eigenvalue weighted by molar-refractivity contribution is -0.139. The van der Waals surface area contributed by atoms with E-state index in [1.807, 2.05) is 30.3 Å². The molecule has 2 aromatic carbocycles. The number of rotatable bonds is 5. The summed E-state index contributed by atoms with van der Waals surface area (Å²) in [4.78, 5) is 17.2. The highest BCUT2D eigenvalue weighted by Crippen LogP contribution is 2.43. The van der Waals surface area contributed by atoms with Gasteiger partial charge in [-0.3, -0.25) is 4.79 Å². The predicted molar refractivity (Wildman–Crippen MR) is 116 cm³/mol. The summed E-state index contributed by atoms with van der Waals surface area (Å²) in [6.45, 7) is 8.58. The van der Waals surface area contributed by atoms with E-state index in [1.54, 1.807) is 6.92 Å². The Balaban J connectivity index is 1.38. The molecule has 4 nitrogen and oxygen atoms in total. The molecular formula is C25H32N2O2. The first-order chi connectivity index (χ1) is 14.1. The van der Waals surface area contributed by atoms with Gasteiger partial charge in [-0.1, -0.05) is 42.0 Å². The fourth-order valence-electron chi connectivity index (χ4n) is 5.11. The number of amides is 1. The van der Waals surface area contributed by atoms with Gasteiger partial charge in [0, 0.05) is 33.1 Å². The Morgan fingerprint density at radius 1 is 1.07 bits per heavy atom. The van der Waals surface area contributed by atoms with E-state index in [-0.39, 0.29) is 11.4 Å². The average Bonchev–Trinajstić information content (AvgIpc) is 2.73. The van der Waals surface area contributed by atoms with E-state index in [4.69, 9.17) is 4.74 Å². The van der Waals surface area contributed by atoms with Gasteiger partial charge in [0.1, 0.15) is 5.75 Å². The molecule has 2 aliphatic rings. The third-order valence-corrected chi connectivity index (χ3v) is 6.58. The van der Waals surface area contributed by atoms with Crippen molar-refractivity contribution in [3.63, 3.8) is 0 Å². The van der Waals surface area contributed by atoms with Crippen molar-refractivity contribution in [2.75, 3.05) is 32.8 Å². The number of hydrogen-bond acceptors (Lipinski definition) is 3. The zero-order chi connectivity index (χ0) is 20.3. The minimum atomic E-state index is -0.121. The highest BCUT2D eigenvalue weighted by molar-refractivity contribution is 5.75. The molecule has 0 aromatic heterocycles. The van der Waals surface area contributed by atoms with E-state index in [9.17, 15) is 4.79 Å². The first-order valence-corrected chi connectivity index (χ1v) is 10.9. The van der Waals surface area contributed by atoms with Crippen LogP contribution in [0.1, 0.15) is 42.9 Å². The third-order valence-electron chi connectivity index (χ3n) is 6.58. The quantitative estimate of drug-likeness (QED) is 0.717. The van der Waals surface area contributed by atoms with Gasteiger partial charge in [-0.2, -0.15) is 0 Å². The molecule has 0 saturated carbocycles. The van der Waals surface area contributed by atoms with Crippen LogP contribution in [0.15, 0.2) is 48.5 Å². The van der Waals surface area contributed by atoms with Crippen molar-refractivity contribution in [2.24, 2.45) is 0 Å². The van der Waals surface area contributed by atoms with Crippen LogP contribution in [0.4, 0.5) is 0 Å². The van der Waals surface area contributed by atoms with Crippen molar-refractivity contribution in [1.29, 1.82) is 0 Å². The maximum Gasteiger partial charge on any atom is 0.220 e. The van der Waals surface area contributed by atoms with Crippen LogP contribution in [0.2, 0.25) is 0 Å². The molecule has 1 spiro atoms. The first kappa shape index (κ1) is 20.0. The Labute approximate surface area is 174 Å². The highest BCUT2D eigenvalue weighted by Gasteiger charge is 2.45. The Kier molecular flexibility index (Phi) is 5.91. The van der Waals surface area contributed by atoms with Crippen LogP contribution < -0.4 is 4.74 Å². The number of piperidine rings is 1. The number of ether oxygens (including phenoxy) is 1. The largest absolute Gasteiger partial charge is 0.494 e. The van der Waals surface area contributed by atoms with Crippen molar-refractivity contribution in [1.82, 2.24) is 9.80 Å². The first-order valence-electron chi connectivity index (χ1n) is 10.9. The number of para-hydroxylation sites is 1. The highest BCUT2D eigenvalue weighted by atomic mass is 16.5. The van der Waals surface area contributed by atoms with E-state index >= 15 is 0 Å². The van der Waals surface area contributed by atoms with Gasteiger partial charge in [-0.15, -0.1) is 0 Å². The van der Waals surface area contributed by atoms with Crippen molar-refractivity contribution in [3.05, 3.63) is 65.2 Å². The summed E-state index contributed by atoms with van der Waals surface area (Å²) in [5.41, 5.74) is 4.01. The molecule has 2 aliphatic heterocycles. The summed E-state index contributed by atoms with van der Waals surface area (Å²) in [6.07, 6.45) is 4.03. The Bertz CT molecular complexity index is 841. The topological polar surface area (TPSA) is 32.8 Å². The molecule has 2 aromatic rings. The van der Waals surface area contributed by atoms with Crippen LogP contribution >= 0.6 is 0 Å². The van der Waals surface area contributed by atoms with E-state index in [2.05, 4.69) is 34.9 Å². The Morgan fingerprint density at radius 2 is 1.83 bits per heavy atom. The number of aryl methyl sites for hydroxylation is 1. The monoisotopic (exact) mass is 392 g/mol. The molecule has 0 radical (unpaired) electrons. The molecule has 0 bridgehead atoms. The van der Waals surface area contributed by atoms with Crippen molar-refractivity contribution < 1.29 is 9.53 Å². The lowest BCUT2D eigenvalue weighted by Crippen LogP contribution is -2.57. The zero-order valence-electron chi connectivity index (χ0n) is 17.7. The minimum Gasteiger partial charge on any atom is -0.494 e.